The number of rotatable bonds is 1. The fourth-order valence-corrected chi connectivity index (χ4v) is 3.28. The van der Waals surface area contributed by atoms with Crippen LogP contribution in [0.1, 0.15) is 0 Å². The number of nitrogens with two attached hydrogens (primary N) is 2. The summed E-state index contributed by atoms with van der Waals surface area (Å²) in [7, 11) is 2.07. The second kappa shape index (κ2) is 4.99. The Morgan fingerprint density at radius 2 is 1.65 bits per heavy atom. The first-order valence-corrected chi connectivity index (χ1v) is 7.60. The highest BCUT2D eigenvalue weighted by Gasteiger charge is 2.16. The molecule has 3 nitrogen and oxygen atoms in total. The summed E-state index contributed by atoms with van der Waals surface area (Å²) in [4.78, 5) is 0. The zero-order valence-corrected chi connectivity index (χ0v) is 13.0. The Labute approximate surface area is 134 Å². The number of fused-ring (bicyclic) bond motifs is 3. The summed E-state index contributed by atoms with van der Waals surface area (Å²) in [6.45, 7) is 0. The molecule has 0 aliphatic rings. The molecule has 0 aliphatic heterocycles. The maximum Gasteiger partial charge on any atom is 0.213 e. The molecule has 0 saturated carbocycles. The summed E-state index contributed by atoms with van der Waals surface area (Å²) < 4.78 is 2.16. The van der Waals surface area contributed by atoms with Crippen molar-refractivity contribution >= 4 is 33.1 Å². The van der Waals surface area contributed by atoms with Crippen molar-refractivity contribution in [2.45, 2.75) is 0 Å². The standard InChI is InChI=1S/C20H17N3/c1-23-12-13-5-2-3-6-15(13)20-17(7-4-8-19(20)23)16-10-9-14(21)11-18(16)22/h2-12H,1H3,(H3,21,22)/p+1. The second-order valence-corrected chi connectivity index (χ2v) is 5.87. The van der Waals surface area contributed by atoms with Crippen LogP contribution in [0.4, 0.5) is 11.4 Å². The highest BCUT2D eigenvalue weighted by Crippen LogP contribution is 2.35. The normalized spacial score (nSPS) is 11.2. The minimum atomic E-state index is 0.682. The van der Waals surface area contributed by atoms with E-state index in [4.69, 9.17) is 11.5 Å². The van der Waals surface area contributed by atoms with Crippen molar-refractivity contribution in [3.8, 4) is 11.1 Å². The van der Waals surface area contributed by atoms with Crippen molar-refractivity contribution < 1.29 is 4.57 Å². The molecular weight excluding hydrogens is 282 g/mol. The van der Waals surface area contributed by atoms with Crippen LogP contribution in [0.25, 0.3) is 32.8 Å². The molecule has 0 atom stereocenters. The van der Waals surface area contributed by atoms with E-state index >= 15 is 0 Å². The molecule has 0 bridgehead atoms. The van der Waals surface area contributed by atoms with Gasteiger partial charge in [-0.1, -0.05) is 36.4 Å². The lowest BCUT2D eigenvalue weighted by molar-refractivity contribution is -0.643. The van der Waals surface area contributed by atoms with Crippen LogP contribution in [0.15, 0.2) is 66.9 Å². The fraction of sp³-hybridized carbons (Fsp3) is 0.0500. The van der Waals surface area contributed by atoms with Crippen LogP contribution < -0.4 is 16.0 Å². The summed E-state index contributed by atoms with van der Waals surface area (Å²) in [6, 6.07) is 20.5. The van der Waals surface area contributed by atoms with Crippen LogP contribution in [-0.4, -0.2) is 0 Å². The first kappa shape index (κ1) is 13.6. The molecule has 3 heteroatoms. The molecule has 3 aromatic carbocycles. The van der Waals surface area contributed by atoms with E-state index in [0.717, 1.165) is 11.1 Å². The Balaban J connectivity index is 2.19. The van der Waals surface area contributed by atoms with Crippen molar-refractivity contribution in [2.75, 3.05) is 11.5 Å². The molecule has 4 aromatic rings. The molecule has 0 unspecified atom stereocenters. The third-order valence-corrected chi connectivity index (χ3v) is 4.35. The highest BCUT2D eigenvalue weighted by molar-refractivity contribution is 6.12. The number of hydrogen-bond donors (Lipinski definition) is 2. The van der Waals surface area contributed by atoms with Crippen LogP contribution in [-0.2, 0) is 7.05 Å². The molecule has 4 rings (SSSR count). The van der Waals surface area contributed by atoms with Gasteiger partial charge in [-0.25, -0.2) is 4.57 Å². The summed E-state index contributed by atoms with van der Waals surface area (Å²) in [5.74, 6) is 0. The molecule has 4 N–H and O–H groups in total. The number of anilines is 2. The zero-order valence-electron chi connectivity index (χ0n) is 13.0. The molecule has 0 amide bonds. The van der Waals surface area contributed by atoms with Gasteiger partial charge in [-0.3, -0.25) is 0 Å². The number of aromatic nitrogens is 1. The molecule has 23 heavy (non-hydrogen) atoms. The third-order valence-electron chi connectivity index (χ3n) is 4.35. The van der Waals surface area contributed by atoms with E-state index in [2.05, 4.69) is 60.3 Å². The lowest BCUT2D eigenvalue weighted by Crippen LogP contribution is -2.28. The first-order chi connectivity index (χ1) is 11.1. The predicted molar refractivity (Wildman–Crippen MR) is 96.9 cm³/mol. The lowest BCUT2D eigenvalue weighted by atomic mass is 9.95. The summed E-state index contributed by atoms with van der Waals surface area (Å²) in [5, 5.41) is 3.65. The number of benzene rings is 3. The van der Waals surface area contributed by atoms with Gasteiger partial charge in [-0.2, -0.15) is 0 Å². The first-order valence-electron chi connectivity index (χ1n) is 7.60. The average Bonchev–Trinajstić information content (AvgIpc) is 2.55. The second-order valence-electron chi connectivity index (χ2n) is 5.87. The van der Waals surface area contributed by atoms with Gasteiger partial charge in [0.1, 0.15) is 7.05 Å². The molecule has 112 valence electrons. The quantitative estimate of drug-likeness (QED) is 0.320. The van der Waals surface area contributed by atoms with E-state index in [1.807, 2.05) is 18.2 Å². The Morgan fingerprint density at radius 1 is 0.826 bits per heavy atom. The maximum absolute atomic E-state index is 6.24. The van der Waals surface area contributed by atoms with Gasteiger partial charge in [0.25, 0.3) is 0 Å². The summed E-state index contributed by atoms with van der Waals surface area (Å²) >= 11 is 0. The van der Waals surface area contributed by atoms with E-state index in [1.165, 1.54) is 21.7 Å². The zero-order chi connectivity index (χ0) is 16.0. The lowest BCUT2D eigenvalue weighted by Gasteiger charge is -2.11. The van der Waals surface area contributed by atoms with Gasteiger partial charge in [0, 0.05) is 33.8 Å². The molecule has 0 fully saturated rings. The monoisotopic (exact) mass is 300 g/mol. The van der Waals surface area contributed by atoms with Crippen molar-refractivity contribution in [1.82, 2.24) is 0 Å². The van der Waals surface area contributed by atoms with E-state index in [1.54, 1.807) is 0 Å². The predicted octanol–water partition coefficient (Wildman–Crippen LogP) is 3.65. The van der Waals surface area contributed by atoms with E-state index in [-0.39, 0.29) is 0 Å². The molecule has 0 aliphatic carbocycles. The van der Waals surface area contributed by atoms with E-state index < -0.39 is 0 Å². The summed E-state index contributed by atoms with van der Waals surface area (Å²) in [5.41, 5.74) is 16.8. The number of hydrogen-bond acceptors (Lipinski definition) is 2. The van der Waals surface area contributed by atoms with Crippen LogP contribution in [0.5, 0.6) is 0 Å². The Bertz CT molecular complexity index is 1050. The molecule has 1 heterocycles. The van der Waals surface area contributed by atoms with Crippen molar-refractivity contribution in [1.29, 1.82) is 0 Å². The third kappa shape index (κ3) is 2.09. The molecular formula is C20H18N3+. The SMILES string of the molecule is C[n+]1cc2ccccc2c2c(-c3ccc(N)cc3N)cccc21. The van der Waals surface area contributed by atoms with E-state index in [9.17, 15) is 0 Å². The van der Waals surface area contributed by atoms with Gasteiger partial charge in [0.05, 0.1) is 5.39 Å². The molecule has 0 saturated heterocycles. The van der Waals surface area contributed by atoms with Gasteiger partial charge >= 0.3 is 0 Å². The van der Waals surface area contributed by atoms with Crippen molar-refractivity contribution in [2.24, 2.45) is 7.05 Å². The van der Waals surface area contributed by atoms with Gasteiger partial charge in [0.2, 0.25) is 5.52 Å². The largest absolute Gasteiger partial charge is 0.399 e. The van der Waals surface area contributed by atoms with Crippen LogP contribution in [0, 0.1) is 0 Å². The van der Waals surface area contributed by atoms with Crippen molar-refractivity contribution in [3.63, 3.8) is 0 Å². The smallest absolute Gasteiger partial charge is 0.213 e. The minimum absolute atomic E-state index is 0.682. The number of aryl methyl sites for hydroxylation is 1. The maximum atomic E-state index is 6.24. The Kier molecular flexibility index (Phi) is 2.95. The number of pyridine rings is 1. The van der Waals surface area contributed by atoms with E-state index in [0.29, 0.717) is 11.4 Å². The average molecular weight is 300 g/mol. The van der Waals surface area contributed by atoms with Gasteiger partial charge < -0.3 is 11.5 Å². The molecule has 1 aromatic heterocycles. The van der Waals surface area contributed by atoms with Gasteiger partial charge in [0.15, 0.2) is 6.20 Å². The van der Waals surface area contributed by atoms with Crippen LogP contribution in [0.3, 0.4) is 0 Å². The Hall–Kier alpha value is -3.07. The Morgan fingerprint density at radius 3 is 2.48 bits per heavy atom. The number of nitrogen functional groups attached to an aromatic ring is 2. The molecule has 0 spiro atoms. The van der Waals surface area contributed by atoms with Gasteiger partial charge in [-0.15, -0.1) is 0 Å². The number of nitrogens with zero attached hydrogens (tertiary/aromatic N) is 1. The molecule has 0 radical (unpaired) electrons. The van der Waals surface area contributed by atoms with Crippen molar-refractivity contribution in [3.05, 3.63) is 66.9 Å². The van der Waals surface area contributed by atoms with Crippen LogP contribution >= 0.6 is 0 Å². The van der Waals surface area contributed by atoms with Crippen LogP contribution in [0.2, 0.25) is 0 Å². The highest BCUT2D eigenvalue weighted by atomic mass is 14.9. The van der Waals surface area contributed by atoms with Gasteiger partial charge in [-0.05, 0) is 23.8 Å². The topological polar surface area (TPSA) is 55.9 Å². The minimum Gasteiger partial charge on any atom is -0.399 e. The fourth-order valence-electron chi connectivity index (χ4n) is 3.28. The summed E-state index contributed by atoms with van der Waals surface area (Å²) in [6.07, 6.45) is 2.16.